The van der Waals surface area contributed by atoms with E-state index in [4.69, 9.17) is 9.26 Å². The number of nitrogens with zero attached hydrogens (tertiary/aromatic N) is 2. The quantitative estimate of drug-likeness (QED) is 0.843. The minimum absolute atomic E-state index is 0.409. The minimum Gasteiger partial charge on any atom is -0.381 e. The molecule has 3 rings (SSSR count). The molecule has 0 amide bonds. The minimum atomic E-state index is 0.409. The molecule has 3 heterocycles. The Labute approximate surface area is 101 Å². The van der Waals surface area contributed by atoms with Crippen molar-refractivity contribution in [3.63, 3.8) is 0 Å². The van der Waals surface area contributed by atoms with Crippen molar-refractivity contribution in [3.05, 3.63) is 11.7 Å². The molecule has 0 aromatic carbocycles. The van der Waals surface area contributed by atoms with E-state index < -0.39 is 0 Å². The zero-order chi connectivity index (χ0) is 11.5. The summed E-state index contributed by atoms with van der Waals surface area (Å²) in [4.78, 5) is 4.60. The van der Waals surface area contributed by atoms with Crippen LogP contribution in [0.3, 0.4) is 0 Å². The molecular weight excluding hydrogens is 218 g/mol. The first kappa shape index (κ1) is 11.2. The second kappa shape index (κ2) is 5.14. The summed E-state index contributed by atoms with van der Waals surface area (Å²) in [6, 6.07) is 0. The van der Waals surface area contributed by atoms with Crippen LogP contribution in [0.25, 0.3) is 0 Å². The fourth-order valence-electron chi connectivity index (χ4n) is 2.60. The first-order chi connectivity index (χ1) is 8.43. The maximum absolute atomic E-state index is 5.42. The van der Waals surface area contributed by atoms with E-state index in [-0.39, 0.29) is 0 Å². The summed E-state index contributed by atoms with van der Waals surface area (Å²) in [7, 11) is 0. The van der Waals surface area contributed by atoms with Gasteiger partial charge in [0, 0.05) is 25.0 Å². The predicted octanol–water partition coefficient (Wildman–Crippen LogP) is 1.43. The smallest absolute Gasteiger partial charge is 0.229 e. The number of nitrogens with one attached hydrogen (secondary N) is 1. The van der Waals surface area contributed by atoms with Crippen LogP contribution in [0.1, 0.15) is 49.2 Å². The molecule has 2 fully saturated rings. The monoisotopic (exact) mass is 237 g/mol. The third-order valence-electron chi connectivity index (χ3n) is 3.73. The molecule has 5 nitrogen and oxygen atoms in total. The fraction of sp³-hybridized carbons (Fsp3) is 0.833. The van der Waals surface area contributed by atoms with Crippen LogP contribution in [0.4, 0.5) is 0 Å². The Hall–Kier alpha value is -0.940. The van der Waals surface area contributed by atoms with Gasteiger partial charge in [0.1, 0.15) is 0 Å². The summed E-state index contributed by atoms with van der Waals surface area (Å²) in [5.74, 6) is 2.62. The van der Waals surface area contributed by atoms with Crippen LogP contribution in [0.5, 0.6) is 0 Å². The zero-order valence-corrected chi connectivity index (χ0v) is 10.0. The van der Waals surface area contributed by atoms with Crippen molar-refractivity contribution in [2.24, 2.45) is 0 Å². The van der Waals surface area contributed by atoms with Crippen molar-refractivity contribution >= 4 is 0 Å². The highest BCUT2D eigenvalue weighted by Crippen LogP contribution is 2.28. The van der Waals surface area contributed by atoms with Gasteiger partial charge in [-0.2, -0.15) is 4.98 Å². The zero-order valence-electron chi connectivity index (χ0n) is 10.0. The first-order valence-electron chi connectivity index (χ1n) is 6.55. The van der Waals surface area contributed by atoms with Gasteiger partial charge in [-0.25, -0.2) is 0 Å². The number of rotatable bonds is 2. The SMILES string of the molecule is C1CC(c2noc(C3CCOCC3)n2)CCN1. The molecule has 5 heteroatoms. The maximum Gasteiger partial charge on any atom is 0.229 e. The van der Waals surface area contributed by atoms with Crippen LogP contribution in [0, 0.1) is 0 Å². The Bertz CT molecular complexity index is 322. The van der Waals surface area contributed by atoms with Gasteiger partial charge in [0.15, 0.2) is 5.82 Å². The van der Waals surface area contributed by atoms with Gasteiger partial charge in [-0.1, -0.05) is 5.16 Å². The lowest BCUT2D eigenvalue weighted by Crippen LogP contribution is -2.27. The molecule has 0 atom stereocenters. The van der Waals surface area contributed by atoms with Gasteiger partial charge in [-0.15, -0.1) is 0 Å². The van der Waals surface area contributed by atoms with Gasteiger partial charge in [0.05, 0.1) is 0 Å². The Morgan fingerprint density at radius 2 is 1.76 bits per heavy atom. The van der Waals surface area contributed by atoms with E-state index in [1.54, 1.807) is 0 Å². The average molecular weight is 237 g/mol. The molecule has 0 spiro atoms. The summed E-state index contributed by atoms with van der Waals surface area (Å²) in [5, 5.41) is 7.51. The molecule has 94 valence electrons. The molecule has 1 N–H and O–H groups in total. The van der Waals surface area contributed by atoms with Gasteiger partial charge in [-0.05, 0) is 38.8 Å². The van der Waals surface area contributed by atoms with E-state index in [9.17, 15) is 0 Å². The number of ether oxygens (including phenoxy) is 1. The molecule has 0 unspecified atom stereocenters. The van der Waals surface area contributed by atoms with E-state index in [0.29, 0.717) is 11.8 Å². The van der Waals surface area contributed by atoms with Crippen LogP contribution in [-0.2, 0) is 4.74 Å². The molecule has 1 aromatic rings. The van der Waals surface area contributed by atoms with Crippen molar-refractivity contribution in [1.29, 1.82) is 0 Å². The first-order valence-corrected chi connectivity index (χ1v) is 6.55. The van der Waals surface area contributed by atoms with Crippen molar-refractivity contribution in [2.75, 3.05) is 26.3 Å². The summed E-state index contributed by atoms with van der Waals surface area (Å²) in [6.45, 7) is 3.75. The molecule has 2 saturated heterocycles. The maximum atomic E-state index is 5.42. The second-order valence-corrected chi connectivity index (χ2v) is 4.90. The second-order valence-electron chi connectivity index (χ2n) is 4.90. The molecule has 0 aliphatic carbocycles. The van der Waals surface area contributed by atoms with Crippen LogP contribution in [0.2, 0.25) is 0 Å². The Morgan fingerprint density at radius 3 is 2.53 bits per heavy atom. The van der Waals surface area contributed by atoms with Gasteiger partial charge >= 0.3 is 0 Å². The summed E-state index contributed by atoms with van der Waals surface area (Å²) in [6.07, 6.45) is 4.25. The Morgan fingerprint density at radius 1 is 1.00 bits per heavy atom. The van der Waals surface area contributed by atoms with E-state index in [1.165, 1.54) is 0 Å². The lowest BCUT2D eigenvalue weighted by Gasteiger charge is -2.19. The highest BCUT2D eigenvalue weighted by atomic mass is 16.5. The van der Waals surface area contributed by atoms with E-state index >= 15 is 0 Å². The van der Waals surface area contributed by atoms with E-state index in [1.807, 2.05) is 0 Å². The fourth-order valence-corrected chi connectivity index (χ4v) is 2.60. The number of piperidine rings is 1. The molecule has 0 radical (unpaired) electrons. The topological polar surface area (TPSA) is 60.2 Å². The number of aromatic nitrogens is 2. The van der Waals surface area contributed by atoms with Gasteiger partial charge in [-0.3, -0.25) is 0 Å². The highest BCUT2D eigenvalue weighted by Gasteiger charge is 2.25. The van der Waals surface area contributed by atoms with E-state index in [2.05, 4.69) is 15.5 Å². The van der Waals surface area contributed by atoms with E-state index in [0.717, 1.165) is 63.7 Å². The van der Waals surface area contributed by atoms with Gasteiger partial charge < -0.3 is 14.6 Å². The van der Waals surface area contributed by atoms with Crippen LogP contribution >= 0.6 is 0 Å². The van der Waals surface area contributed by atoms with Crippen molar-refractivity contribution < 1.29 is 9.26 Å². The lowest BCUT2D eigenvalue weighted by molar-refractivity contribution is 0.0778. The Kier molecular flexibility index (Phi) is 3.38. The summed E-state index contributed by atoms with van der Waals surface area (Å²) < 4.78 is 10.8. The van der Waals surface area contributed by atoms with Gasteiger partial charge in [0.2, 0.25) is 5.89 Å². The molecular formula is C12H19N3O2. The van der Waals surface area contributed by atoms with Crippen LogP contribution in [0.15, 0.2) is 4.52 Å². The van der Waals surface area contributed by atoms with Gasteiger partial charge in [0.25, 0.3) is 0 Å². The number of hydrogen-bond acceptors (Lipinski definition) is 5. The van der Waals surface area contributed by atoms with Crippen molar-refractivity contribution in [1.82, 2.24) is 15.5 Å². The largest absolute Gasteiger partial charge is 0.381 e. The molecule has 2 aliphatic heterocycles. The van der Waals surface area contributed by atoms with Crippen molar-refractivity contribution in [3.8, 4) is 0 Å². The highest BCUT2D eigenvalue weighted by molar-refractivity contribution is 5.01. The molecule has 17 heavy (non-hydrogen) atoms. The summed E-state index contributed by atoms with van der Waals surface area (Å²) >= 11 is 0. The average Bonchev–Trinajstić information content (AvgIpc) is 2.90. The molecule has 1 aromatic heterocycles. The Balaban J connectivity index is 1.68. The molecule has 0 saturated carbocycles. The van der Waals surface area contributed by atoms with Crippen molar-refractivity contribution in [2.45, 2.75) is 37.5 Å². The lowest BCUT2D eigenvalue weighted by atomic mass is 9.97. The van der Waals surface area contributed by atoms with Crippen LogP contribution < -0.4 is 5.32 Å². The third-order valence-corrected chi connectivity index (χ3v) is 3.73. The molecule has 0 bridgehead atoms. The summed E-state index contributed by atoms with van der Waals surface area (Å²) in [5.41, 5.74) is 0. The normalized spacial score (nSPS) is 24.0. The standard InChI is InChI=1S/C12H19N3O2/c1-5-13-6-2-9(1)11-14-12(17-15-11)10-3-7-16-8-4-10/h9-10,13H,1-8H2. The molecule has 2 aliphatic rings. The van der Waals surface area contributed by atoms with Crippen LogP contribution in [-0.4, -0.2) is 36.4 Å². The number of hydrogen-bond donors (Lipinski definition) is 1. The third kappa shape index (κ3) is 2.50. The predicted molar refractivity (Wildman–Crippen MR) is 61.9 cm³/mol.